The Labute approximate surface area is 122 Å². The molecule has 0 aliphatic heterocycles. The third-order valence-corrected chi connectivity index (χ3v) is 3.99. The number of nitrogens with zero attached hydrogens (tertiary/aromatic N) is 2. The zero-order valence-corrected chi connectivity index (χ0v) is 12.2. The van der Waals surface area contributed by atoms with Crippen molar-refractivity contribution in [1.82, 2.24) is 10.2 Å². The molecule has 0 saturated carbocycles. The molecule has 0 atom stereocenters. The Balaban J connectivity index is 2.48. The molecule has 8 nitrogen and oxygen atoms in total. The van der Waals surface area contributed by atoms with Gasteiger partial charge in [-0.15, -0.1) is 5.10 Å². The van der Waals surface area contributed by atoms with Crippen LogP contribution in [0.5, 0.6) is 11.5 Å². The first-order valence-corrected chi connectivity index (χ1v) is 7.28. The number of rotatable bonds is 5. The molecule has 1 aromatic carbocycles. The van der Waals surface area contributed by atoms with Crippen LogP contribution in [0.3, 0.4) is 0 Å². The van der Waals surface area contributed by atoms with Crippen molar-refractivity contribution in [3.63, 3.8) is 0 Å². The fourth-order valence-electron chi connectivity index (χ4n) is 1.65. The van der Waals surface area contributed by atoms with Crippen LogP contribution in [0.25, 0.3) is 0 Å². The molecule has 0 aliphatic rings. The van der Waals surface area contributed by atoms with Gasteiger partial charge < -0.3 is 15.2 Å². The van der Waals surface area contributed by atoms with Crippen molar-refractivity contribution in [2.45, 2.75) is 4.90 Å². The third-order valence-electron chi connectivity index (χ3n) is 2.62. The summed E-state index contributed by atoms with van der Waals surface area (Å²) in [6.45, 7) is 0. The second-order valence-corrected chi connectivity index (χ2v) is 5.61. The van der Waals surface area contributed by atoms with Crippen LogP contribution >= 0.6 is 0 Å². The number of nitrogen functional groups attached to an aromatic ring is 1. The van der Waals surface area contributed by atoms with E-state index >= 15 is 0 Å². The minimum absolute atomic E-state index is 0.0929. The predicted octanol–water partition coefficient (Wildman–Crippen LogP) is 0.877. The topological polar surface area (TPSA) is 116 Å². The van der Waals surface area contributed by atoms with Crippen molar-refractivity contribution in [2.24, 2.45) is 0 Å². The standard InChI is InChI=1S/C12H14N4O4S/c1-19-9-7-11(10(20-2)6-8(9)13)21(17,18)16-12-4-3-5-14-15-12/h3-7H,13H2,1-2H3,(H,15,16). The highest BCUT2D eigenvalue weighted by atomic mass is 32.2. The lowest BCUT2D eigenvalue weighted by Gasteiger charge is -2.13. The molecule has 0 unspecified atom stereocenters. The summed E-state index contributed by atoms with van der Waals surface area (Å²) in [5.74, 6) is 0.426. The van der Waals surface area contributed by atoms with Crippen LogP contribution in [0.2, 0.25) is 0 Å². The number of anilines is 2. The first kappa shape index (κ1) is 14.9. The predicted molar refractivity (Wildman–Crippen MR) is 76.8 cm³/mol. The molecule has 0 radical (unpaired) electrons. The zero-order chi connectivity index (χ0) is 15.5. The molecular weight excluding hydrogens is 296 g/mol. The van der Waals surface area contributed by atoms with Crippen LogP contribution in [0, 0.1) is 0 Å². The molecule has 1 heterocycles. The molecule has 0 amide bonds. The van der Waals surface area contributed by atoms with E-state index in [1.807, 2.05) is 0 Å². The van der Waals surface area contributed by atoms with Gasteiger partial charge in [0.25, 0.3) is 10.0 Å². The van der Waals surface area contributed by atoms with Gasteiger partial charge in [0.05, 0.1) is 19.9 Å². The highest BCUT2D eigenvalue weighted by Crippen LogP contribution is 2.34. The summed E-state index contributed by atoms with van der Waals surface area (Å²) in [7, 11) is -1.18. The Morgan fingerprint density at radius 2 is 1.90 bits per heavy atom. The largest absolute Gasteiger partial charge is 0.495 e. The summed E-state index contributed by atoms with van der Waals surface area (Å²) in [6.07, 6.45) is 1.44. The monoisotopic (exact) mass is 310 g/mol. The van der Waals surface area contributed by atoms with Crippen LogP contribution in [0.1, 0.15) is 0 Å². The molecule has 2 aromatic rings. The highest BCUT2D eigenvalue weighted by Gasteiger charge is 2.22. The molecule has 2 rings (SSSR count). The zero-order valence-electron chi connectivity index (χ0n) is 11.4. The van der Waals surface area contributed by atoms with Gasteiger partial charge in [-0.1, -0.05) is 0 Å². The summed E-state index contributed by atoms with van der Waals surface area (Å²) in [5.41, 5.74) is 6.00. The van der Waals surface area contributed by atoms with Crippen molar-refractivity contribution in [2.75, 3.05) is 24.7 Å². The van der Waals surface area contributed by atoms with Gasteiger partial charge in [-0.25, -0.2) is 8.42 Å². The molecule has 0 saturated heterocycles. The van der Waals surface area contributed by atoms with Gasteiger partial charge >= 0.3 is 0 Å². The molecule has 1 aromatic heterocycles. The Morgan fingerprint density at radius 1 is 1.19 bits per heavy atom. The van der Waals surface area contributed by atoms with Crippen molar-refractivity contribution in [1.29, 1.82) is 0 Å². The molecule has 0 bridgehead atoms. The molecule has 9 heteroatoms. The van der Waals surface area contributed by atoms with E-state index in [2.05, 4.69) is 14.9 Å². The first-order valence-electron chi connectivity index (χ1n) is 5.80. The van der Waals surface area contributed by atoms with Gasteiger partial charge in [0.1, 0.15) is 16.4 Å². The SMILES string of the molecule is COc1cc(S(=O)(=O)Nc2cccnn2)c(OC)cc1N. The van der Waals surface area contributed by atoms with Crippen molar-refractivity contribution < 1.29 is 17.9 Å². The smallest absolute Gasteiger partial charge is 0.266 e. The number of ether oxygens (including phenoxy) is 2. The molecule has 112 valence electrons. The van der Waals surface area contributed by atoms with E-state index in [1.54, 1.807) is 6.07 Å². The van der Waals surface area contributed by atoms with Crippen molar-refractivity contribution >= 4 is 21.5 Å². The maximum atomic E-state index is 12.4. The minimum Gasteiger partial charge on any atom is -0.495 e. The average Bonchev–Trinajstić information content (AvgIpc) is 2.47. The molecule has 0 fully saturated rings. The van der Waals surface area contributed by atoms with Crippen LogP contribution in [-0.4, -0.2) is 32.8 Å². The highest BCUT2D eigenvalue weighted by molar-refractivity contribution is 7.92. The van der Waals surface area contributed by atoms with Gasteiger partial charge in [0, 0.05) is 18.3 Å². The van der Waals surface area contributed by atoms with E-state index in [-0.39, 0.29) is 27.9 Å². The van der Waals surface area contributed by atoms with E-state index in [4.69, 9.17) is 15.2 Å². The molecule has 21 heavy (non-hydrogen) atoms. The molecule has 0 aliphatic carbocycles. The maximum Gasteiger partial charge on any atom is 0.266 e. The van der Waals surface area contributed by atoms with E-state index < -0.39 is 10.0 Å². The normalized spacial score (nSPS) is 11.0. The van der Waals surface area contributed by atoms with Crippen LogP contribution in [0.15, 0.2) is 35.4 Å². The Morgan fingerprint density at radius 3 is 2.48 bits per heavy atom. The Bertz CT molecular complexity index is 734. The number of nitrogens with two attached hydrogens (primary N) is 1. The number of hydrogen-bond acceptors (Lipinski definition) is 7. The maximum absolute atomic E-state index is 12.4. The summed E-state index contributed by atoms with van der Waals surface area (Å²) in [4.78, 5) is -0.110. The number of methoxy groups -OCH3 is 2. The van der Waals surface area contributed by atoms with E-state index in [9.17, 15) is 8.42 Å². The van der Waals surface area contributed by atoms with E-state index in [0.717, 1.165) is 0 Å². The molecule has 0 spiro atoms. The van der Waals surface area contributed by atoms with Crippen molar-refractivity contribution in [3.8, 4) is 11.5 Å². The minimum atomic E-state index is -3.92. The van der Waals surface area contributed by atoms with E-state index in [1.165, 1.54) is 38.6 Å². The number of sulfonamides is 1. The van der Waals surface area contributed by atoms with Gasteiger partial charge in [-0.2, -0.15) is 5.10 Å². The van der Waals surface area contributed by atoms with Gasteiger partial charge in [-0.3, -0.25) is 4.72 Å². The summed E-state index contributed by atoms with van der Waals surface area (Å²) in [5, 5.41) is 7.27. The molecular formula is C12H14N4O4S. The Hall–Kier alpha value is -2.55. The summed E-state index contributed by atoms with van der Waals surface area (Å²) < 4.78 is 37.2. The van der Waals surface area contributed by atoms with Gasteiger partial charge in [0.15, 0.2) is 5.82 Å². The Kier molecular flexibility index (Phi) is 4.13. The van der Waals surface area contributed by atoms with Crippen LogP contribution in [-0.2, 0) is 10.0 Å². The lowest BCUT2D eigenvalue weighted by Crippen LogP contribution is -2.15. The quantitative estimate of drug-likeness (QED) is 0.787. The lowest BCUT2D eigenvalue weighted by atomic mass is 10.3. The second-order valence-electron chi connectivity index (χ2n) is 3.96. The number of hydrogen-bond donors (Lipinski definition) is 2. The lowest BCUT2D eigenvalue weighted by molar-refractivity contribution is 0.394. The number of benzene rings is 1. The third kappa shape index (κ3) is 3.14. The number of aromatic nitrogens is 2. The summed E-state index contributed by atoms with van der Waals surface area (Å²) in [6, 6.07) is 5.70. The first-order chi connectivity index (χ1) is 9.97. The van der Waals surface area contributed by atoms with Crippen molar-refractivity contribution in [3.05, 3.63) is 30.5 Å². The van der Waals surface area contributed by atoms with Gasteiger partial charge in [0.2, 0.25) is 0 Å². The fraction of sp³-hybridized carbons (Fsp3) is 0.167. The van der Waals surface area contributed by atoms with Gasteiger partial charge in [-0.05, 0) is 12.1 Å². The number of nitrogens with one attached hydrogen (secondary N) is 1. The average molecular weight is 310 g/mol. The fourth-order valence-corrected chi connectivity index (χ4v) is 2.82. The van der Waals surface area contributed by atoms with Crippen LogP contribution < -0.4 is 19.9 Å². The van der Waals surface area contributed by atoms with Crippen LogP contribution in [0.4, 0.5) is 11.5 Å². The second kappa shape index (κ2) is 5.83. The van der Waals surface area contributed by atoms with E-state index in [0.29, 0.717) is 0 Å². The summed E-state index contributed by atoms with van der Waals surface area (Å²) >= 11 is 0. The molecule has 3 N–H and O–H groups in total.